The lowest BCUT2D eigenvalue weighted by molar-refractivity contribution is -0.119. The summed E-state index contributed by atoms with van der Waals surface area (Å²) >= 11 is 5.29. The highest BCUT2D eigenvalue weighted by molar-refractivity contribution is 6.19. The normalized spacial score (nSPS) is 9.38. The van der Waals surface area contributed by atoms with Crippen molar-refractivity contribution in [3.05, 3.63) is 0 Å². The molecular weight excluding hydrogens is 196 g/mol. The third-order valence-corrected chi connectivity index (χ3v) is 1.36. The van der Waals surface area contributed by atoms with E-state index in [1.165, 1.54) is 7.11 Å². The van der Waals surface area contributed by atoms with Gasteiger partial charge >= 0.3 is 6.03 Å². The molecule has 0 fully saturated rings. The van der Waals surface area contributed by atoms with E-state index < -0.39 is 6.03 Å². The SMILES string of the molecule is COCCNC(=O)NC(=O)CCCl. The molecule has 0 spiro atoms. The fourth-order valence-corrected chi connectivity index (χ4v) is 0.757. The molecular formula is C7H13ClN2O3. The first-order valence-electron chi connectivity index (χ1n) is 3.83. The van der Waals surface area contributed by atoms with E-state index in [2.05, 4.69) is 10.6 Å². The molecule has 0 aromatic carbocycles. The van der Waals surface area contributed by atoms with E-state index >= 15 is 0 Å². The van der Waals surface area contributed by atoms with Crippen LogP contribution in [0.15, 0.2) is 0 Å². The Morgan fingerprint density at radius 1 is 1.46 bits per heavy atom. The lowest BCUT2D eigenvalue weighted by Gasteiger charge is -2.04. The molecule has 0 aliphatic carbocycles. The Morgan fingerprint density at radius 2 is 2.15 bits per heavy atom. The van der Waals surface area contributed by atoms with Crippen LogP contribution in [0.2, 0.25) is 0 Å². The maximum absolute atomic E-state index is 10.9. The first-order valence-corrected chi connectivity index (χ1v) is 4.36. The Bertz CT molecular complexity index is 175. The fourth-order valence-electron chi connectivity index (χ4n) is 0.586. The van der Waals surface area contributed by atoms with E-state index in [0.717, 1.165) is 0 Å². The van der Waals surface area contributed by atoms with Gasteiger partial charge in [0.2, 0.25) is 5.91 Å². The average Bonchev–Trinajstić information content (AvgIpc) is 2.05. The molecule has 0 heterocycles. The molecule has 0 aliphatic heterocycles. The number of alkyl halides is 1. The zero-order valence-electron chi connectivity index (χ0n) is 7.43. The van der Waals surface area contributed by atoms with E-state index in [9.17, 15) is 9.59 Å². The van der Waals surface area contributed by atoms with Gasteiger partial charge in [-0.05, 0) is 0 Å². The van der Waals surface area contributed by atoms with Crippen LogP contribution >= 0.6 is 11.6 Å². The topological polar surface area (TPSA) is 67.4 Å². The lowest BCUT2D eigenvalue weighted by Crippen LogP contribution is -2.40. The van der Waals surface area contributed by atoms with Gasteiger partial charge in [-0.3, -0.25) is 10.1 Å². The van der Waals surface area contributed by atoms with Crippen molar-refractivity contribution < 1.29 is 14.3 Å². The number of urea groups is 1. The van der Waals surface area contributed by atoms with Gasteiger partial charge in [0.05, 0.1) is 6.61 Å². The van der Waals surface area contributed by atoms with Crippen molar-refractivity contribution in [2.24, 2.45) is 0 Å². The smallest absolute Gasteiger partial charge is 0.321 e. The molecule has 5 nitrogen and oxygen atoms in total. The molecule has 0 aliphatic rings. The Balaban J connectivity index is 3.44. The summed E-state index contributed by atoms with van der Waals surface area (Å²) in [6.07, 6.45) is 0.138. The highest BCUT2D eigenvalue weighted by Gasteiger charge is 2.04. The van der Waals surface area contributed by atoms with E-state index in [-0.39, 0.29) is 18.2 Å². The molecule has 0 atom stereocenters. The number of imide groups is 1. The molecule has 0 rings (SSSR count). The first kappa shape index (κ1) is 12.2. The van der Waals surface area contributed by atoms with Crippen LogP contribution in [0.5, 0.6) is 0 Å². The molecule has 3 amide bonds. The third-order valence-electron chi connectivity index (χ3n) is 1.17. The van der Waals surface area contributed by atoms with Crippen LogP contribution in [0, 0.1) is 0 Å². The number of hydrogen-bond acceptors (Lipinski definition) is 3. The largest absolute Gasteiger partial charge is 0.383 e. The predicted molar refractivity (Wildman–Crippen MR) is 48.8 cm³/mol. The maximum Gasteiger partial charge on any atom is 0.321 e. The summed E-state index contributed by atoms with van der Waals surface area (Å²) in [7, 11) is 1.53. The molecule has 76 valence electrons. The third kappa shape index (κ3) is 7.55. The van der Waals surface area contributed by atoms with Gasteiger partial charge in [-0.1, -0.05) is 0 Å². The van der Waals surface area contributed by atoms with Crippen molar-refractivity contribution in [1.29, 1.82) is 0 Å². The van der Waals surface area contributed by atoms with Gasteiger partial charge in [-0.25, -0.2) is 4.79 Å². The summed E-state index contributed by atoms with van der Waals surface area (Å²) in [5, 5.41) is 4.54. The first-order chi connectivity index (χ1) is 6.20. The zero-order valence-corrected chi connectivity index (χ0v) is 8.19. The summed E-state index contributed by atoms with van der Waals surface area (Å²) in [4.78, 5) is 21.7. The summed E-state index contributed by atoms with van der Waals surface area (Å²) in [6, 6.07) is -0.521. The quantitative estimate of drug-likeness (QED) is 0.497. The molecule has 13 heavy (non-hydrogen) atoms. The highest BCUT2D eigenvalue weighted by atomic mass is 35.5. The van der Waals surface area contributed by atoms with Crippen LogP contribution in [0.4, 0.5) is 4.79 Å². The van der Waals surface area contributed by atoms with Crippen LogP contribution in [0.1, 0.15) is 6.42 Å². The van der Waals surface area contributed by atoms with Gasteiger partial charge in [0.25, 0.3) is 0 Å². The summed E-state index contributed by atoms with van der Waals surface area (Å²) < 4.78 is 4.70. The molecule has 2 N–H and O–H groups in total. The molecule has 0 radical (unpaired) electrons. The molecule has 0 unspecified atom stereocenters. The monoisotopic (exact) mass is 208 g/mol. The second kappa shape index (κ2) is 7.82. The summed E-state index contributed by atoms with van der Waals surface area (Å²) in [6.45, 7) is 0.785. The van der Waals surface area contributed by atoms with Gasteiger partial charge in [0.15, 0.2) is 0 Å². The van der Waals surface area contributed by atoms with Crippen LogP contribution in [-0.2, 0) is 9.53 Å². The van der Waals surface area contributed by atoms with E-state index in [1.54, 1.807) is 0 Å². The van der Waals surface area contributed by atoms with Gasteiger partial charge in [-0.2, -0.15) is 0 Å². The molecule has 6 heteroatoms. The molecule has 0 saturated carbocycles. The summed E-state index contributed by atoms with van der Waals surface area (Å²) in [5.74, 6) is -0.179. The minimum Gasteiger partial charge on any atom is -0.383 e. The van der Waals surface area contributed by atoms with Crippen molar-refractivity contribution in [2.45, 2.75) is 6.42 Å². The van der Waals surface area contributed by atoms with Crippen molar-refractivity contribution >= 4 is 23.5 Å². The van der Waals surface area contributed by atoms with Gasteiger partial charge in [0.1, 0.15) is 0 Å². The number of ether oxygens (including phenoxy) is 1. The lowest BCUT2D eigenvalue weighted by atomic mass is 10.4. The number of nitrogens with one attached hydrogen (secondary N) is 2. The maximum atomic E-state index is 10.9. The number of methoxy groups -OCH3 is 1. The fraction of sp³-hybridized carbons (Fsp3) is 0.714. The van der Waals surface area contributed by atoms with Crippen LogP contribution in [0.3, 0.4) is 0 Å². The Morgan fingerprint density at radius 3 is 2.69 bits per heavy atom. The van der Waals surface area contributed by atoms with Crippen LogP contribution in [0.25, 0.3) is 0 Å². The van der Waals surface area contributed by atoms with Crippen LogP contribution in [-0.4, -0.2) is 38.1 Å². The van der Waals surface area contributed by atoms with Crippen molar-refractivity contribution in [3.63, 3.8) is 0 Å². The van der Waals surface area contributed by atoms with E-state index in [0.29, 0.717) is 13.2 Å². The Kier molecular flexibility index (Phi) is 7.33. The van der Waals surface area contributed by atoms with Crippen LogP contribution < -0.4 is 10.6 Å². The Hall–Kier alpha value is -0.810. The average molecular weight is 209 g/mol. The van der Waals surface area contributed by atoms with Crippen molar-refractivity contribution in [2.75, 3.05) is 26.1 Å². The number of halogens is 1. The summed E-state index contributed by atoms with van der Waals surface area (Å²) in [5.41, 5.74) is 0. The zero-order chi connectivity index (χ0) is 10.1. The highest BCUT2D eigenvalue weighted by Crippen LogP contribution is 1.83. The standard InChI is InChI=1S/C7H13ClN2O3/c1-13-5-4-9-7(12)10-6(11)2-3-8/h2-5H2,1H3,(H2,9,10,11,12). The second-order valence-corrected chi connectivity index (χ2v) is 2.61. The molecule has 0 bridgehead atoms. The van der Waals surface area contributed by atoms with E-state index in [4.69, 9.17) is 16.3 Å². The van der Waals surface area contributed by atoms with Gasteiger partial charge in [0, 0.05) is 26.0 Å². The number of amides is 3. The minimum absolute atomic E-state index is 0.138. The number of hydrogen-bond donors (Lipinski definition) is 2. The number of carbonyl (C=O) groups excluding carboxylic acids is 2. The van der Waals surface area contributed by atoms with Gasteiger partial charge in [-0.15, -0.1) is 11.6 Å². The van der Waals surface area contributed by atoms with E-state index in [1.807, 2.05) is 0 Å². The molecule has 0 saturated heterocycles. The van der Waals surface area contributed by atoms with Crippen molar-refractivity contribution in [3.8, 4) is 0 Å². The predicted octanol–water partition coefficient (Wildman–Crippen LogP) is 0.0875. The number of rotatable bonds is 5. The molecule has 0 aromatic heterocycles. The Labute approximate surface area is 81.8 Å². The van der Waals surface area contributed by atoms with Gasteiger partial charge < -0.3 is 10.1 Å². The minimum atomic E-state index is -0.521. The number of carbonyl (C=O) groups is 2. The second-order valence-electron chi connectivity index (χ2n) is 2.24. The van der Waals surface area contributed by atoms with Crippen molar-refractivity contribution in [1.82, 2.24) is 10.6 Å². The molecule has 0 aromatic rings.